The van der Waals surface area contributed by atoms with Crippen molar-refractivity contribution < 1.29 is 14.3 Å². The Kier molecular flexibility index (Phi) is 9.70. The molecular formula is C21H25Br2NO3. The summed E-state index contributed by atoms with van der Waals surface area (Å²) < 4.78 is 13.0. The highest BCUT2D eigenvalue weighted by molar-refractivity contribution is 9.11. The predicted molar refractivity (Wildman–Crippen MR) is 117 cm³/mol. The Bertz CT molecular complexity index is 720. The number of halogens is 2. The van der Waals surface area contributed by atoms with Crippen LogP contribution in [0, 0.1) is 0 Å². The summed E-state index contributed by atoms with van der Waals surface area (Å²) in [7, 11) is 0. The second kappa shape index (κ2) is 12.0. The van der Waals surface area contributed by atoms with E-state index in [-0.39, 0.29) is 12.5 Å². The number of hydrogen-bond acceptors (Lipinski definition) is 3. The monoisotopic (exact) mass is 497 g/mol. The highest BCUT2D eigenvalue weighted by atomic mass is 79.9. The second-order valence-corrected chi connectivity index (χ2v) is 7.97. The van der Waals surface area contributed by atoms with Gasteiger partial charge in [0.15, 0.2) is 6.61 Å². The van der Waals surface area contributed by atoms with Gasteiger partial charge in [-0.2, -0.15) is 0 Å². The first-order valence-electron chi connectivity index (χ1n) is 9.19. The largest absolute Gasteiger partial charge is 0.494 e. The lowest BCUT2D eigenvalue weighted by atomic mass is 10.2. The fourth-order valence-corrected chi connectivity index (χ4v) is 3.62. The first-order chi connectivity index (χ1) is 13.1. The Balaban J connectivity index is 1.71. The second-order valence-electron chi connectivity index (χ2n) is 6.20. The summed E-state index contributed by atoms with van der Waals surface area (Å²) >= 11 is 6.79. The van der Waals surface area contributed by atoms with Crippen molar-refractivity contribution in [3.8, 4) is 11.5 Å². The Morgan fingerprint density at radius 2 is 1.70 bits per heavy atom. The van der Waals surface area contributed by atoms with Gasteiger partial charge in [-0.15, -0.1) is 0 Å². The topological polar surface area (TPSA) is 47.6 Å². The lowest BCUT2D eigenvalue weighted by Crippen LogP contribution is -2.20. The maximum Gasteiger partial charge on any atom is 0.262 e. The van der Waals surface area contributed by atoms with Gasteiger partial charge in [-0.25, -0.2) is 0 Å². The Hall–Kier alpha value is -1.53. The number of unbranched alkanes of at least 4 members (excludes halogenated alkanes) is 4. The molecular weight excluding hydrogens is 474 g/mol. The summed E-state index contributed by atoms with van der Waals surface area (Å²) in [6, 6.07) is 12.9. The fourth-order valence-electron chi connectivity index (χ4n) is 2.46. The van der Waals surface area contributed by atoms with Gasteiger partial charge in [0.2, 0.25) is 0 Å². The van der Waals surface area contributed by atoms with Crippen LogP contribution in [0.4, 0.5) is 5.69 Å². The zero-order valence-corrected chi connectivity index (χ0v) is 18.6. The Labute approximate surface area is 177 Å². The number of ether oxygens (including phenoxy) is 2. The molecule has 0 aromatic heterocycles. The minimum Gasteiger partial charge on any atom is -0.494 e. The van der Waals surface area contributed by atoms with Crippen LogP contribution in [0.3, 0.4) is 0 Å². The Morgan fingerprint density at radius 3 is 2.41 bits per heavy atom. The molecule has 2 aromatic rings. The molecule has 0 atom stereocenters. The molecule has 2 aromatic carbocycles. The van der Waals surface area contributed by atoms with E-state index in [4.69, 9.17) is 9.47 Å². The van der Waals surface area contributed by atoms with Crippen LogP contribution in [0.5, 0.6) is 11.5 Å². The molecule has 0 spiro atoms. The van der Waals surface area contributed by atoms with Crippen molar-refractivity contribution in [2.24, 2.45) is 0 Å². The van der Waals surface area contributed by atoms with Gasteiger partial charge in [-0.3, -0.25) is 4.79 Å². The zero-order chi connectivity index (χ0) is 19.5. The van der Waals surface area contributed by atoms with Crippen LogP contribution < -0.4 is 14.8 Å². The van der Waals surface area contributed by atoms with Gasteiger partial charge in [0, 0.05) is 10.2 Å². The average molecular weight is 499 g/mol. The summed E-state index contributed by atoms with van der Waals surface area (Å²) in [6.45, 7) is 2.88. The smallest absolute Gasteiger partial charge is 0.262 e. The standard InChI is InChI=1S/C21H25Br2NO3/c1-2-3-4-5-6-13-26-18-10-8-17(9-11-18)24-21(25)15-27-20-12-7-16(22)14-19(20)23/h7-12,14H,2-6,13,15H2,1H3,(H,24,25). The number of rotatable bonds is 11. The third-order valence-corrected chi connectivity index (χ3v) is 5.02. The van der Waals surface area contributed by atoms with Crippen LogP contribution in [0.15, 0.2) is 51.4 Å². The van der Waals surface area contributed by atoms with Gasteiger partial charge < -0.3 is 14.8 Å². The van der Waals surface area contributed by atoms with E-state index in [2.05, 4.69) is 44.1 Å². The lowest BCUT2D eigenvalue weighted by Gasteiger charge is -2.10. The molecule has 0 bridgehead atoms. The molecule has 0 saturated heterocycles. The highest BCUT2D eigenvalue weighted by Gasteiger charge is 2.07. The molecule has 0 fully saturated rings. The van der Waals surface area contributed by atoms with Crippen molar-refractivity contribution in [2.75, 3.05) is 18.5 Å². The van der Waals surface area contributed by atoms with E-state index in [0.29, 0.717) is 11.4 Å². The summed E-state index contributed by atoms with van der Waals surface area (Å²) in [5.41, 5.74) is 0.716. The van der Waals surface area contributed by atoms with Crippen molar-refractivity contribution in [2.45, 2.75) is 39.0 Å². The Morgan fingerprint density at radius 1 is 0.963 bits per heavy atom. The van der Waals surface area contributed by atoms with Gasteiger partial charge in [0.05, 0.1) is 11.1 Å². The third kappa shape index (κ3) is 8.35. The van der Waals surface area contributed by atoms with Gasteiger partial charge in [0.25, 0.3) is 5.91 Å². The van der Waals surface area contributed by atoms with Crippen molar-refractivity contribution in [1.82, 2.24) is 0 Å². The minimum absolute atomic E-state index is 0.0593. The number of amides is 1. The third-order valence-electron chi connectivity index (χ3n) is 3.91. The molecule has 27 heavy (non-hydrogen) atoms. The lowest BCUT2D eigenvalue weighted by molar-refractivity contribution is -0.118. The van der Waals surface area contributed by atoms with Gasteiger partial charge in [0.1, 0.15) is 11.5 Å². The molecule has 2 rings (SSSR count). The van der Waals surface area contributed by atoms with Crippen LogP contribution in [-0.2, 0) is 4.79 Å². The van der Waals surface area contributed by atoms with Crippen LogP contribution >= 0.6 is 31.9 Å². The van der Waals surface area contributed by atoms with Crippen LogP contribution in [0.1, 0.15) is 39.0 Å². The van der Waals surface area contributed by atoms with Crippen LogP contribution in [0.2, 0.25) is 0 Å². The first-order valence-corrected chi connectivity index (χ1v) is 10.8. The van der Waals surface area contributed by atoms with Crippen molar-refractivity contribution >= 4 is 43.5 Å². The SMILES string of the molecule is CCCCCCCOc1ccc(NC(=O)COc2ccc(Br)cc2Br)cc1. The van der Waals surface area contributed by atoms with Gasteiger partial charge in [-0.05, 0) is 64.8 Å². The predicted octanol–water partition coefficient (Wildman–Crippen LogP) is 6.58. The van der Waals surface area contributed by atoms with Crippen molar-refractivity contribution in [3.63, 3.8) is 0 Å². The molecule has 0 unspecified atom stereocenters. The summed E-state index contributed by atoms with van der Waals surface area (Å²) in [5.74, 6) is 1.23. The summed E-state index contributed by atoms with van der Waals surface area (Å²) in [5, 5.41) is 2.82. The minimum atomic E-state index is -0.214. The molecule has 0 aliphatic rings. The van der Waals surface area contributed by atoms with Gasteiger partial charge in [-0.1, -0.05) is 48.5 Å². The van der Waals surface area contributed by atoms with E-state index in [1.165, 1.54) is 25.7 Å². The molecule has 0 aliphatic carbocycles. The maximum atomic E-state index is 12.1. The number of carbonyl (C=O) groups excluding carboxylic acids is 1. The molecule has 146 valence electrons. The normalized spacial score (nSPS) is 10.5. The molecule has 6 heteroatoms. The molecule has 4 nitrogen and oxygen atoms in total. The van der Waals surface area contributed by atoms with Gasteiger partial charge >= 0.3 is 0 Å². The maximum absolute atomic E-state index is 12.1. The molecule has 0 heterocycles. The number of hydrogen-bond donors (Lipinski definition) is 1. The number of carbonyl (C=O) groups is 1. The quantitative estimate of drug-likeness (QED) is 0.356. The molecule has 1 N–H and O–H groups in total. The fraction of sp³-hybridized carbons (Fsp3) is 0.381. The summed E-state index contributed by atoms with van der Waals surface area (Å²) in [4.78, 5) is 12.1. The number of anilines is 1. The van der Waals surface area contributed by atoms with Crippen molar-refractivity contribution in [3.05, 3.63) is 51.4 Å². The van der Waals surface area contributed by atoms with Crippen LogP contribution in [-0.4, -0.2) is 19.1 Å². The van der Waals surface area contributed by atoms with E-state index in [1.54, 1.807) is 6.07 Å². The number of nitrogens with one attached hydrogen (secondary N) is 1. The van der Waals surface area contributed by atoms with Crippen LogP contribution in [0.25, 0.3) is 0 Å². The highest BCUT2D eigenvalue weighted by Crippen LogP contribution is 2.28. The van der Waals surface area contributed by atoms with E-state index < -0.39 is 0 Å². The average Bonchev–Trinajstić information content (AvgIpc) is 2.65. The van der Waals surface area contributed by atoms with E-state index in [9.17, 15) is 4.79 Å². The molecule has 0 saturated carbocycles. The first kappa shape index (κ1) is 21.8. The summed E-state index contributed by atoms with van der Waals surface area (Å²) in [6.07, 6.45) is 6.08. The van der Waals surface area contributed by atoms with E-state index >= 15 is 0 Å². The van der Waals surface area contributed by atoms with Crippen molar-refractivity contribution in [1.29, 1.82) is 0 Å². The molecule has 0 aliphatic heterocycles. The van der Waals surface area contributed by atoms with E-state index in [0.717, 1.165) is 27.7 Å². The zero-order valence-electron chi connectivity index (χ0n) is 15.5. The molecule has 1 amide bonds. The molecule has 0 radical (unpaired) electrons. The van der Waals surface area contributed by atoms with E-state index in [1.807, 2.05) is 36.4 Å². The number of benzene rings is 2.